The van der Waals surface area contributed by atoms with E-state index in [1.807, 2.05) is 20.8 Å². The van der Waals surface area contributed by atoms with Crippen molar-refractivity contribution in [2.75, 3.05) is 19.6 Å². The van der Waals surface area contributed by atoms with Crippen molar-refractivity contribution in [3.8, 4) is 0 Å². The fraction of sp³-hybridized carbons (Fsp3) is 0.917. The van der Waals surface area contributed by atoms with Gasteiger partial charge in [0.05, 0.1) is 5.60 Å². The number of carbonyl (C=O) groups excluding carboxylic acids is 1. The largest absolute Gasteiger partial charge is 0.444 e. The summed E-state index contributed by atoms with van der Waals surface area (Å²) in [6, 6.07) is 0. The summed E-state index contributed by atoms with van der Waals surface area (Å²) in [5.74, 6) is 0. The number of amides is 1. The molecule has 1 saturated heterocycles. The Morgan fingerprint density at radius 1 is 1.41 bits per heavy atom. The molecule has 0 bridgehead atoms. The smallest absolute Gasteiger partial charge is 0.410 e. The molecule has 5 nitrogen and oxygen atoms in total. The first-order valence-corrected chi connectivity index (χ1v) is 6.16. The first kappa shape index (κ1) is 14.3. The Morgan fingerprint density at radius 3 is 2.59 bits per heavy atom. The Kier molecular flexibility index (Phi) is 4.38. The van der Waals surface area contributed by atoms with Gasteiger partial charge in [-0.25, -0.2) is 4.79 Å². The van der Waals surface area contributed by atoms with Crippen molar-refractivity contribution in [1.29, 1.82) is 0 Å². The average molecular weight is 244 g/mol. The molecular formula is C12H24N2O3. The van der Waals surface area contributed by atoms with Crippen LogP contribution in [-0.2, 0) is 4.74 Å². The Labute approximate surface area is 103 Å². The van der Waals surface area contributed by atoms with Crippen molar-refractivity contribution >= 4 is 6.09 Å². The molecule has 0 aromatic carbocycles. The molecule has 0 saturated carbocycles. The Morgan fingerprint density at radius 2 is 2.06 bits per heavy atom. The quantitative estimate of drug-likeness (QED) is 0.724. The molecule has 17 heavy (non-hydrogen) atoms. The minimum atomic E-state index is -0.823. The molecule has 1 unspecified atom stereocenters. The molecule has 1 amide bonds. The van der Waals surface area contributed by atoms with E-state index in [1.54, 1.807) is 4.90 Å². The Hall–Kier alpha value is -0.810. The molecule has 1 atom stereocenters. The number of ether oxygens (including phenoxy) is 1. The van der Waals surface area contributed by atoms with Crippen LogP contribution in [0.2, 0.25) is 0 Å². The van der Waals surface area contributed by atoms with Crippen LogP contribution in [0.4, 0.5) is 4.79 Å². The normalized spacial score (nSPS) is 26.5. The van der Waals surface area contributed by atoms with Crippen LogP contribution in [0.5, 0.6) is 0 Å². The highest BCUT2D eigenvalue weighted by Crippen LogP contribution is 2.22. The van der Waals surface area contributed by atoms with E-state index in [1.165, 1.54) is 0 Å². The van der Waals surface area contributed by atoms with Crippen LogP contribution >= 0.6 is 0 Å². The van der Waals surface area contributed by atoms with Gasteiger partial charge < -0.3 is 20.5 Å². The van der Waals surface area contributed by atoms with Crippen LogP contribution < -0.4 is 5.73 Å². The maximum Gasteiger partial charge on any atom is 0.410 e. The molecule has 1 aliphatic heterocycles. The second-order valence-corrected chi connectivity index (χ2v) is 5.75. The van der Waals surface area contributed by atoms with Gasteiger partial charge in [-0.05, 0) is 40.0 Å². The van der Waals surface area contributed by atoms with Crippen LogP contribution in [0.15, 0.2) is 0 Å². The van der Waals surface area contributed by atoms with Gasteiger partial charge in [0.25, 0.3) is 0 Å². The standard InChI is InChI=1S/C12H24N2O3/c1-11(2,3)17-10(15)14-7-4-5-12(16,9-13)6-8-14/h16H,4-9,13H2,1-3H3. The van der Waals surface area contributed by atoms with E-state index in [9.17, 15) is 9.90 Å². The van der Waals surface area contributed by atoms with Gasteiger partial charge in [-0.15, -0.1) is 0 Å². The molecule has 1 rings (SSSR count). The van der Waals surface area contributed by atoms with E-state index in [2.05, 4.69) is 0 Å². The molecule has 0 radical (unpaired) electrons. The molecule has 1 heterocycles. The first-order valence-electron chi connectivity index (χ1n) is 6.16. The van der Waals surface area contributed by atoms with Crippen LogP contribution in [0.1, 0.15) is 40.0 Å². The third-order valence-corrected chi connectivity index (χ3v) is 2.95. The average Bonchev–Trinajstić information content (AvgIpc) is 2.39. The Bertz CT molecular complexity index is 275. The van der Waals surface area contributed by atoms with Gasteiger partial charge >= 0.3 is 6.09 Å². The summed E-state index contributed by atoms with van der Waals surface area (Å²) in [7, 11) is 0. The van der Waals surface area contributed by atoms with E-state index < -0.39 is 11.2 Å². The highest BCUT2D eigenvalue weighted by molar-refractivity contribution is 5.68. The zero-order valence-corrected chi connectivity index (χ0v) is 11.0. The van der Waals surface area contributed by atoms with Gasteiger partial charge in [-0.2, -0.15) is 0 Å². The van der Waals surface area contributed by atoms with E-state index in [4.69, 9.17) is 10.5 Å². The number of nitrogens with two attached hydrogens (primary N) is 1. The molecule has 0 aromatic heterocycles. The van der Waals surface area contributed by atoms with Crippen molar-refractivity contribution in [2.45, 2.75) is 51.2 Å². The topological polar surface area (TPSA) is 75.8 Å². The highest BCUT2D eigenvalue weighted by atomic mass is 16.6. The first-order chi connectivity index (χ1) is 7.76. The van der Waals surface area contributed by atoms with Crippen LogP contribution in [0.3, 0.4) is 0 Å². The zero-order valence-electron chi connectivity index (χ0n) is 11.0. The number of nitrogens with zero attached hydrogens (tertiary/aromatic N) is 1. The zero-order chi connectivity index (χ0) is 13.1. The summed E-state index contributed by atoms with van der Waals surface area (Å²) in [5, 5.41) is 10.1. The van der Waals surface area contributed by atoms with Crippen molar-refractivity contribution in [3.05, 3.63) is 0 Å². The van der Waals surface area contributed by atoms with Crippen molar-refractivity contribution in [2.24, 2.45) is 5.73 Å². The Balaban J connectivity index is 2.54. The van der Waals surface area contributed by atoms with Crippen LogP contribution in [0.25, 0.3) is 0 Å². The number of likely N-dealkylation sites (tertiary alicyclic amines) is 1. The van der Waals surface area contributed by atoms with Crippen molar-refractivity contribution in [1.82, 2.24) is 4.90 Å². The van der Waals surface area contributed by atoms with Gasteiger partial charge in [-0.1, -0.05) is 0 Å². The molecule has 0 aliphatic carbocycles. The molecule has 0 spiro atoms. The predicted octanol–water partition coefficient (Wildman–Crippen LogP) is 1.10. The summed E-state index contributed by atoms with van der Waals surface area (Å²) >= 11 is 0. The highest BCUT2D eigenvalue weighted by Gasteiger charge is 2.31. The minimum Gasteiger partial charge on any atom is -0.444 e. The number of carbonyl (C=O) groups is 1. The van der Waals surface area contributed by atoms with Gasteiger partial charge in [-0.3, -0.25) is 0 Å². The lowest BCUT2D eigenvalue weighted by atomic mass is 9.95. The molecule has 1 aliphatic rings. The fourth-order valence-corrected chi connectivity index (χ4v) is 1.89. The summed E-state index contributed by atoms with van der Waals surface area (Å²) in [5.41, 5.74) is 4.24. The lowest BCUT2D eigenvalue weighted by molar-refractivity contribution is 0.0186. The van der Waals surface area contributed by atoms with E-state index in [0.717, 1.165) is 6.42 Å². The molecule has 100 valence electrons. The van der Waals surface area contributed by atoms with E-state index in [0.29, 0.717) is 25.9 Å². The second kappa shape index (κ2) is 5.23. The lowest BCUT2D eigenvalue weighted by Gasteiger charge is -2.27. The van der Waals surface area contributed by atoms with Gasteiger partial charge in [0.2, 0.25) is 0 Å². The maximum absolute atomic E-state index is 11.9. The SMILES string of the molecule is CC(C)(C)OC(=O)N1CCCC(O)(CN)CC1. The molecule has 5 heteroatoms. The van der Waals surface area contributed by atoms with Gasteiger partial charge in [0, 0.05) is 19.6 Å². The van der Waals surface area contributed by atoms with Crippen molar-refractivity contribution < 1.29 is 14.6 Å². The second-order valence-electron chi connectivity index (χ2n) is 5.75. The number of rotatable bonds is 1. The molecule has 3 N–H and O–H groups in total. The van der Waals surface area contributed by atoms with Gasteiger partial charge in [0.1, 0.15) is 5.60 Å². The maximum atomic E-state index is 11.9. The van der Waals surface area contributed by atoms with Crippen LogP contribution in [-0.4, -0.2) is 46.9 Å². The van der Waals surface area contributed by atoms with Gasteiger partial charge in [0.15, 0.2) is 0 Å². The van der Waals surface area contributed by atoms with Crippen molar-refractivity contribution in [3.63, 3.8) is 0 Å². The number of hydrogen-bond acceptors (Lipinski definition) is 4. The molecule has 0 aromatic rings. The number of aliphatic hydroxyl groups is 1. The third kappa shape index (κ3) is 4.52. The summed E-state index contributed by atoms with van der Waals surface area (Å²) in [4.78, 5) is 13.5. The summed E-state index contributed by atoms with van der Waals surface area (Å²) in [6.45, 7) is 6.91. The van der Waals surface area contributed by atoms with Crippen LogP contribution in [0, 0.1) is 0 Å². The third-order valence-electron chi connectivity index (χ3n) is 2.95. The monoisotopic (exact) mass is 244 g/mol. The van der Waals surface area contributed by atoms with E-state index in [-0.39, 0.29) is 12.6 Å². The summed E-state index contributed by atoms with van der Waals surface area (Å²) in [6.07, 6.45) is 1.61. The molecule has 1 fully saturated rings. The minimum absolute atomic E-state index is 0.245. The lowest BCUT2D eigenvalue weighted by Crippen LogP contribution is -2.40. The summed E-state index contributed by atoms with van der Waals surface area (Å²) < 4.78 is 5.31. The molecular weight excluding hydrogens is 220 g/mol. The fourth-order valence-electron chi connectivity index (χ4n) is 1.89. The predicted molar refractivity (Wildman–Crippen MR) is 65.7 cm³/mol. The van der Waals surface area contributed by atoms with E-state index >= 15 is 0 Å². The number of hydrogen-bond donors (Lipinski definition) is 2.